The van der Waals surface area contributed by atoms with Gasteiger partial charge >= 0.3 is 0 Å². The number of rotatable bonds is 1. The van der Waals surface area contributed by atoms with E-state index in [-0.39, 0.29) is 17.9 Å². The van der Waals surface area contributed by atoms with Gasteiger partial charge in [-0.15, -0.1) is 23.7 Å². The molecule has 1 heterocycles. The molecule has 0 radical (unpaired) electrons. The van der Waals surface area contributed by atoms with Gasteiger partial charge in [0.15, 0.2) is 4.47 Å². The Bertz CT molecular complexity index is 182. The van der Waals surface area contributed by atoms with Gasteiger partial charge < -0.3 is 11.2 Å². The Balaban J connectivity index is 0. The van der Waals surface area contributed by atoms with Gasteiger partial charge in [-0.05, 0) is 0 Å². The van der Waals surface area contributed by atoms with Crippen LogP contribution in [0, 0.1) is 0 Å². The molecule has 0 bridgehead atoms. The molecule has 0 amide bonds. The summed E-state index contributed by atoms with van der Waals surface area (Å²) in [7, 11) is 0. The summed E-state index contributed by atoms with van der Waals surface area (Å²) in [5.41, 5.74) is 5.27. The first-order valence-electron chi connectivity index (χ1n) is 2.13. The molecule has 0 atom stereocenters. The second kappa shape index (κ2) is 5.88. The molecule has 1 rings (SSSR count). The van der Waals surface area contributed by atoms with Gasteiger partial charge in [0.05, 0.1) is 0 Å². The minimum atomic E-state index is 0. The molecule has 0 unspecified atom stereocenters. The van der Waals surface area contributed by atoms with Crippen LogP contribution in [0.3, 0.4) is 0 Å². The van der Waals surface area contributed by atoms with Crippen LogP contribution in [0.2, 0.25) is 4.47 Å². The number of aromatic nitrogens is 1. The predicted octanol–water partition coefficient (Wildman–Crippen LogP) is 0.852. The van der Waals surface area contributed by atoms with Crippen molar-refractivity contribution in [3.63, 3.8) is 0 Å². The smallest absolute Gasteiger partial charge is 0.183 e. The van der Waals surface area contributed by atoms with Crippen molar-refractivity contribution in [2.75, 3.05) is 0 Å². The molecule has 0 saturated heterocycles. The summed E-state index contributed by atoms with van der Waals surface area (Å²) in [4.78, 5) is 4.81. The molecule has 0 spiro atoms. The van der Waals surface area contributed by atoms with Gasteiger partial charge in [-0.25, -0.2) is 4.98 Å². The third-order valence-electron chi connectivity index (χ3n) is 0.727. The second-order valence-electron chi connectivity index (χ2n) is 1.28. The number of thiazole rings is 1. The largest absolute Gasteiger partial charge is 0.412 e. The summed E-state index contributed by atoms with van der Waals surface area (Å²) < 4.78 is 0.561. The number of hydrogen-bond acceptors (Lipinski definition) is 3. The SMILES string of the molecule is Cl.NCc1cnc(Cl)s1.O. The van der Waals surface area contributed by atoms with E-state index in [4.69, 9.17) is 17.3 Å². The summed E-state index contributed by atoms with van der Waals surface area (Å²) in [6.07, 6.45) is 1.69. The van der Waals surface area contributed by atoms with E-state index in [0.717, 1.165) is 4.88 Å². The zero-order chi connectivity index (χ0) is 5.98. The summed E-state index contributed by atoms with van der Waals surface area (Å²) in [6.45, 7) is 0.532. The number of nitrogens with zero attached hydrogens (tertiary/aromatic N) is 1. The van der Waals surface area contributed by atoms with Crippen molar-refractivity contribution < 1.29 is 5.48 Å². The topological polar surface area (TPSA) is 70.4 Å². The maximum atomic E-state index is 5.49. The van der Waals surface area contributed by atoms with Crippen molar-refractivity contribution in [3.05, 3.63) is 15.5 Å². The molecule has 1 aromatic rings. The Morgan fingerprint density at radius 1 is 1.70 bits per heavy atom. The Labute approximate surface area is 73.9 Å². The van der Waals surface area contributed by atoms with Crippen LogP contribution in [-0.2, 0) is 6.54 Å². The molecule has 0 aromatic carbocycles. The molecule has 0 aliphatic rings. The van der Waals surface area contributed by atoms with E-state index in [1.54, 1.807) is 6.20 Å². The highest BCUT2D eigenvalue weighted by Gasteiger charge is 1.93. The molecule has 3 nitrogen and oxygen atoms in total. The lowest BCUT2D eigenvalue weighted by atomic mass is 10.6. The Morgan fingerprint density at radius 2 is 2.30 bits per heavy atom. The first-order valence-corrected chi connectivity index (χ1v) is 3.32. The summed E-state index contributed by atoms with van der Waals surface area (Å²) in [5, 5.41) is 0. The van der Waals surface area contributed by atoms with Gasteiger partial charge in [0.25, 0.3) is 0 Å². The van der Waals surface area contributed by atoms with Crippen LogP contribution in [0.25, 0.3) is 0 Å². The quantitative estimate of drug-likeness (QED) is 0.734. The van der Waals surface area contributed by atoms with Crippen LogP contribution in [-0.4, -0.2) is 10.5 Å². The molecule has 4 N–H and O–H groups in total. The zero-order valence-corrected chi connectivity index (χ0v) is 7.39. The van der Waals surface area contributed by atoms with Crippen molar-refractivity contribution in [3.8, 4) is 0 Å². The van der Waals surface area contributed by atoms with Crippen molar-refractivity contribution in [2.45, 2.75) is 6.54 Å². The standard InChI is InChI=1S/C4H5ClN2S.ClH.H2O/c5-4-7-2-3(1-6)8-4;;/h2H,1,6H2;1H;1H2. The summed E-state index contributed by atoms with van der Waals surface area (Å²) >= 11 is 6.91. The molecule has 60 valence electrons. The lowest BCUT2D eigenvalue weighted by Crippen LogP contribution is -1.91. The molecule has 1 aromatic heterocycles. The van der Waals surface area contributed by atoms with E-state index in [2.05, 4.69) is 4.98 Å². The van der Waals surface area contributed by atoms with Gasteiger partial charge in [-0.3, -0.25) is 0 Å². The third kappa shape index (κ3) is 3.34. The normalized spacial score (nSPS) is 7.80. The lowest BCUT2D eigenvalue weighted by molar-refractivity contribution is 0.824. The van der Waals surface area contributed by atoms with E-state index in [0.29, 0.717) is 11.0 Å². The fourth-order valence-electron chi connectivity index (χ4n) is 0.378. The van der Waals surface area contributed by atoms with E-state index in [1.807, 2.05) is 0 Å². The summed E-state index contributed by atoms with van der Waals surface area (Å²) in [5.74, 6) is 0. The molecule has 0 aliphatic heterocycles. The van der Waals surface area contributed by atoms with Gasteiger partial charge in [0, 0.05) is 17.6 Å². The van der Waals surface area contributed by atoms with Gasteiger partial charge in [0.1, 0.15) is 0 Å². The minimum absolute atomic E-state index is 0. The van der Waals surface area contributed by atoms with Gasteiger partial charge in [0.2, 0.25) is 0 Å². The highest BCUT2D eigenvalue weighted by Crippen LogP contribution is 2.16. The molecule has 6 heteroatoms. The molecule has 0 fully saturated rings. The first-order chi connectivity index (χ1) is 3.83. The number of halogens is 2. The van der Waals surface area contributed by atoms with Crippen LogP contribution in [0.5, 0.6) is 0 Å². The maximum Gasteiger partial charge on any atom is 0.183 e. The monoisotopic (exact) mass is 202 g/mol. The first kappa shape index (κ1) is 12.8. The number of hydrogen-bond donors (Lipinski definition) is 1. The lowest BCUT2D eigenvalue weighted by Gasteiger charge is -1.78. The van der Waals surface area contributed by atoms with E-state index < -0.39 is 0 Å². The van der Waals surface area contributed by atoms with E-state index >= 15 is 0 Å². The molecule has 0 aliphatic carbocycles. The van der Waals surface area contributed by atoms with Gasteiger partial charge in [-0.2, -0.15) is 0 Å². The second-order valence-corrected chi connectivity index (χ2v) is 2.98. The maximum absolute atomic E-state index is 5.49. The molecular formula is C4H8Cl2N2OS. The molecular weight excluding hydrogens is 195 g/mol. The Morgan fingerprint density at radius 3 is 2.50 bits per heavy atom. The Hall–Kier alpha value is 0.130. The fraction of sp³-hybridized carbons (Fsp3) is 0.250. The van der Waals surface area contributed by atoms with Crippen molar-refractivity contribution >= 4 is 35.3 Å². The number of nitrogens with two attached hydrogens (primary N) is 1. The van der Waals surface area contributed by atoms with Gasteiger partial charge in [-0.1, -0.05) is 11.6 Å². The Kier molecular flexibility index (Phi) is 7.51. The highest BCUT2D eigenvalue weighted by molar-refractivity contribution is 7.15. The molecule has 10 heavy (non-hydrogen) atoms. The van der Waals surface area contributed by atoms with Crippen molar-refractivity contribution in [2.24, 2.45) is 5.73 Å². The van der Waals surface area contributed by atoms with Crippen molar-refractivity contribution in [1.82, 2.24) is 4.98 Å². The predicted molar refractivity (Wildman–Crippen MR) is 45.9 cm³/mol. The third-order valence-corrected chi connectivity index (χ3v) is 1.86. The average molecular weight is 203 g/mol. The summed E-state index contributed by atoms with van der Waals surface area (Å²) in [6, 6.07) is 0. The van der Waals surface area contributed by atoms with Crippen LogP contribution >= 0.6 is 35.3 Å². The average Bonchev–Trinajstić information content (AvgIpc) is 2.14. The fourth-order valence-corrected chi connectivity index (χ4v) is 1.23. The zero-order valence-electron chi connectivity index (χ0n) is 5.00. The van der Waals surface area contributed by atoms with E-state index in [1.165, 1.54) is 11.3 Å². The molecule has 0 saturated carbocycles. The van der Waals surface area contributed by atoms with E-state index in [9.17, 15) is 0 Å². The van der Waals surface area contributed by atoms with Crippen LogP contribution in [0.4, 0.5) is 0 Å². The van der Waals surface area contributed by atoms with Crippen molar-refractivity contribution in [1.29, 1.82) is 0 Å². The van der Waals surface area contributed by atoms with Crippen LogP contribution < -0.4 is 5.73 Å². The highest BCUT2D eigenvalue weighted by atomic mass is 35.5. The minimum Gasteiger partial charge on any atom is -0.412 e. The van der Waals surface area contributed by atoms with Crippen LogP contribution in [0.1, 0.15) is 4.88 Å². The van der Waals surface area contributed by atoms with Crippen LogP contribution in [0.15, 0.2) is 6.20 Å².